The van der Waals surface area contributed by atoms with E-state index in [2.05, 4.69) is 25.5 Å². The Bertz CT molecular complexity index is 914. The van der Waals surface area contributed by atoms with Crippen LogP contribution < -0.4 is 15.7 Å². The number of benzene rings is 1. The summed E-state index contributed by atoms with van der Waals surface area (Å²) >= 11 is 6.11. The van der Waals surface area contributed by atoms with Crippen LogP contribution in [0.25, 0.3) is 22.3 Å². The molecule has 1 aromatic carbocycles. The largest absolute Gasteiger partial charge is 0.472 e. The van der Waals surface area contributed by atoms with Gasteiger partial charge in [0.05, 0.1) is 0 Å². The lowest BCUT2D eigenvalue weighted by molar-refractivity contribution is 0.217. The second-order valence-electron chi connectivity index (χ2n) is 5.44. The molecule has 0 amide bonds. The zero-order valence-corrected chi connectivity index (χ0v) is 12.9. The van der Waals surface area contributed by atoms with Crippen LogP contribution in [0.3, 0.4) is 0 Å². The number of H-pyrrole nitrogens is 2. The summed E-state index contributed by atoms with van der Waals surface area (Å²) in [5, 5.41) is 11.9. The number of nitrogens with one attached hydrogen (secondary N) is 3. The molecule has 0 radical (unpaired) electrons. The Morgan fingerprint density at radius 3 is 2.96 bits per heavy atom. The van der Waals surface area contributed by atoms with E-state index < -0.39 is 0 Å². The predicted molar refractivity (Wildman–Crippen MR) is 86.9 cm³/mol. The fourth-order valence-corrected chi connectivity index (χ4v) is 2.85. The van der Waals surface area contributed by atoms with Crippen molar-refractivity contribution in [3.63, 3.8) is 0 Å². The number of aromatic amines is 2. The minimum absolute atomic E-state index is 0.0677. The molecule has 0 bridgehead atoms. The molecular formula is C15H14ClN5O2. The standard InChI is InChI=1S/C15H14ClN5O2/c16-9-2-1-8-5-12(13-19-15(22)21-20-13)18-14(11(8)6-9)23-10-3-4-17-7-10/h1-2,5-6,10,17H,3-4,7H2,(H2,19,20,21,22)/t10-/m0/s1. The lowest BCUT2D eigenvalue weighted by Crippen LogP contribution is -2.20. The molecular weight excluding hydrogens is 318 g/mol. The number of pyridine rings is 1. The van der Waals surface area contributed by atoms with Crippen LogP contribution in [-0.4, -0.2) is 39.4 Å². The van der Waals surface area contributed by atoms with Crippen molar-refractivity contribution < 1.29 is 4.74 Å². The van der Waals surface area contributed by atoms with E-state index in [1.54, 1.807) is 0 Å². The average molecular weight is 332 g/mol. The summed E-state index contributed by atoms with van der Waals surface area (Å²) in [6.07, 6.45) is 0.992. The van der Waals surface area contributed by atoms with Crippen LogP contribution in [-0.2, 0) is 0 Å². The number of halogens is 1. The van der Waals surface area contributed by atoms with Gasteiger partial charge in [-0.15, -0.1) is 0 Å². The van der Waals surface area contributed by atoms with Crippen LogP contribution in [0.5, 0.6) is 5.88 Å². The Morgan fingerprint density at radius 1 is 1.30 bits per heavy atom. The van der Waals surface area contributed by atoms with Gasteiger partial charge in [-0.3, -0.25) is 4.98 Å². The molecule has 1 saturated heterocycles. The van der Waals surface area contributed by atoms with Crippen molar-refractivity contribution in [3.8, 4) is 17.4 Å². The normalized spacial score (nSPS) is 17.7. The van der Waals surface area contributed by atoms with Gasteiger partial charge in [-0.2, -0.15) is 5.10 Å². The highest BCUT2D eigenvalue weighted by atomic mass is 35.5. The van der Waals surface area contributed by atoms with E-state index >= 15 is 0 Å². The van der Waals surface area contributed by atoms with Gasteiger partial charge in [0.15, 0.2) is 5.82 Å². The first-order valence-corrected chi connectivity index (χ1v) is 7.69. The summed E-state index contributed by atoms with van der Waals surface area (Å²) in [7, 11) is 0. The Morgan fingerprint density at radius 2 is 2.22 bits per heavy atom. The minimum Gasteiger partial charge on any atom is -0.472 e. The van der Waals surface area contributed by atoms with E-state index in [0.29, 0.717) is 22.4 Å². The molecule has 0 unspecified atom stereocenters. The monoisotopic (exact) mass is 331 g/mol. The molecule has 2 aromatic heterocycles. The summed E-state index contributed by atoms with van der Waals surface area (Å²) in [5.74, 6) is 0.874. The van der Waals surface area contributed by atoms with Gasteiger partial charge < -0.3 is 10.1 Å². The lowest BCUT2D eigenvalue weighted by atomic mass is 10.1. The van der Waals surface area contributed by atoms with Crippen LogP contribution in [0.4, 0.5) is 0 Å². The van der Waals surface area contributed by atoms with Crippen LogP contribution >= 0.6 is 11.6 Å². The Labute approximate surface area is 136 Å². The molecule has 23 heavy (non-hydrogen) atoms. The van der Waals surface area contributed by atoms with Crippen molar-refractivity contribution in [2.75, 3.05) is 13.1 Å². The number of ether oxygens (including phenoxy) is 1. The molecule has 8 heteroatoms. The minimum atomic E-state index is -0.375. The van der Waals surface area contributed by atoms with Gasteiger partial charge in [-0.25, -0.2) is 14.9 Å². The van der Waals surface area contributed by atoms with E-state index in [1.807, 2.05) is 24.3 Å². The summed E-state index contributed by atoms with van der Waals surface area (Å²) in [5.41, 5.74) is 0.166. The molecule has 3 N–H and O–H groups in total. The van der Waals surface area contributed by atoms with Gasteiger partial charge in [0.2, 0.25) is 5.88 Å². The molecule has 118 valence electrons. The number of fused-ring (bicyclic) bond motifs is 1. The van der Waals surface area contributed by atoms with Crippen LogP contribution in [0, 0.1) is 0 Å². The molecule has 0 saturated carbocycles. The predicted octanol–water partition coefficient (Wildman–Crippen LogP) is 1.71. The van der Waals surface area contributed by atoms with Gasteiger partial charge in [0.25, 0.3) is 0 Å². The van der Waals surface area contributed by atoms with Crippen LogP contribution in [0.1, 0.15) is 6.42 Å². The van der Waals surface area contributed by atoms with Crippen LogP contribution in [0.15, 0.2) is 29.1 Å². The molecule has 3 aromatic rings. The Kier molecular flexibility index (Phi) is 3.51. The third kappa shape index (κ3) is 2.80. The average Bonchev–Trinajstić information content (AvgIpc) is 3.19. The third-order valence-corrected chi connectivity index (χ3v) is 4.03. The number of nitrogens with zero attached hydrogens (tertiary/aromatic N) is 2. The number of hydrogen-bond donors (Lipinski definition) is 3. The SMILES string of the molecule is O=c1[nH]nc(-c2cc3ccc(Cl)cc3c(O[C@H]3CCNC3)n2)[nH]1. The van der Waals surface area contributed by atoms with E-state index in [1.165, 1.54) is 0 Å². The highest BCUT2D eigenvalue weighted by Gasteiger charge is 2.19. The molecule has 1 aliphatic heterocycles. The van der Waals surface area contributed by atoms with Crippen molar-refractivity contribution in [2.45, 2.75) is 12.5 Å². The molecule has 7 nitrogen and oxygen atoms in total. The summed E-state index contributed by atoms with van der Waals surface area (Å²) < 4.78 is 6.05. The molecule has 3 heterocycles. The maximum atomic E-state index is 11.3. The quantitative estimate of drug-likeness (QED) is 0.679. The van der Waals surface area contributed by atoms with Crippen molar-refractivity contribution in [2.24, 2.45) is 0 Å². The first-order chi connectivity index (χ1) is 11.2. The maximum absolute atomic E-state index is 11.3. The second kappa shape index (κ2) is 5.68. The fraction of sp³-hybridized carbons (Fsp3) is 0.267. The Balaban J connectivity index is 1.85. The molecule has 0 aliphatic carbocycles. The summed E-state index contributed by atoms with van der Waals surface area (Å²) in [6, 6.07) is 7.38. The van der Waals surface area contributed by atoms with Crippen molar-refractivity contribution >= 4 is 22.4 Å². The van der Waals surface area contributed by atoms with Gasteiger partial charge in [0.1, 0.15) is 11.8 Å². The van der Waals surface area contributed by atoms with Gasteiger partial charge in [-0.1, -0.05) is 17.7 Å². The highest BCUT2D eigenvalue weighted by Crippen LogP contribution is 2.31. The van der Waals surface area contributed by atoms with Crippen molar-refractivity contribution in [3.05, 3.63) is 39.8 Å². The van der Waals surface area contributed by atoms with Crippen LogP contribution in [0.2, 0.25) is 5.02 Å². The summed E-state index contributed by atoms with van der Waals surface area (Å²) in [4.78, 5) is 18.4. The molecule has 1 fully saturated rings. The Hall–Kier alpha value is -2.38. The number of aromatic nitrogens is 4. The zero-order valence-electron chi connectivity index (χ0n) is 12.1. The third-order valence-electron chi connectivity index (χ3n) is 3.80. The molecule has 4 rings (SSSR count). The van der Waals surface area contributed by atoms with Gasteiger partial charge >= 0.3 is 5.69 Å². The second-order valence-corrected chi connectivity index (χ2v) is 5.87. The van der Waals surface area contributed by atoms with Crippen molar-refractivity contribution in [1.29, 1.82) is 0 Å². The number of hydrogen-bond acceptors (Lipinski definition) is 5. The molecule has 1 atom stereocenters. The van der Waals surface area contributed by atoms with E-state index in [9.17, 15) is 4.79 Å². The van der Waals surface area contributed by atoms with E-state index in [4.69, 9.17) is 16.3 Å². The van der Waals surface area contributed by atoms with Gasteiger partial charge in [-0.05, 0) is 36.6 Å². The summed E-state index contributed by atoms with van der Waals surface area (Å²) in [6.45, 7) is 1.71. The first kappa shape index (κ1) is 14.2. The van der Waals surface area contributed by atoms with E-state index in [0.717, 1.165) is 30.3 Å². The highest BCUT2D eigenvalue weighted by molar-refractivity contribution is 6.31. The molecule has 0 spiro atoms. The van der Waals surface area contributed by atoms with Crippen molar-refractivity contribution in [1.82, 2.24) is 25.5 Å². The number of rotatable bonds is 3. The zero-order chi connectivity index (χ0) is 15.8. The maximum Gasteiger partial charge on any atom is 0.340 e. The fourth-order valence-electron chi connectivity index (χ4n) is 2.68. The van der Waals surface area contributed by atoms with Gasteiger partial charge in [0, 0.05) is 17.0 Å². The topological polar surface area (TPSA) is 95.7 Å². The van der Waals surface area contributed by atoms with E-state index in [-0.39, 0.29) is 11.8 Å². The lowest BCUT2D eigenvalue weighted by Gasteiger charge is -2.14. The molecule has 1 aliphatic rings. The smallest absolute Gasteiger partial charge is 0.340 e. The first-order valence-electron chi connectivity index (χ1n) is 7.32.